The topological polar surface area (TPSA) is 33.2 Å². The lowest BCUT2D eigenvalue weighted by molar-refractivity contribution is -0.114. The predicted octanol–water partition coefficient (Wildman–Crippen LogP) is 3.69. The monoisotopic (exact) mass is 292 g/mol. The summed E-state index contributed by atoms with van der Waals surface area (Å²) in [6, 6.07) is 10.2. The fourth-order valence-electron chi connectivity index (χ4n) is 2.74. The van der Waals surface area contributed by atoms with Gasteiger partial charge in [0, 0.05) is 18.8 Å². The SMILES string of the molecule is Cc1ccc(/C=C/C(=O)N2CCCc3cccnc32)cc1C. The van der Waals surface area contributed by atoms with Crippen molar-refractivity contribution in [1.29, 1.82) is 0 Å². The maximum Gasteiger partial charge on any atom is 0.252 e. The van der Waals surface area contributed by atoms with Gasteiger partial charge >= 0.3 is 0 Å². The van der Waals surface area contributed by atoms with Crippen molar-refractivity contribution in [2.24, 2.45) is 0 Å². The van der Waals surface area contributed by atoms with Crippen molar-refractivity contribution in [3.63, 3.8) is 0 Å². The zero-order chi connectivity index (χ0) is 15.5. The van der Waals surface area contributed by atoms with E-state index in [0.717, 1.165) is 36.3 Å². The highest BCUT2D eigenvalue weighted by molar-refractivity contribution is 6.03. The van der Waals surface area contributed by atoms with Gasteiger partial charge in [0.1, 0.15) is 5.82 Å². The Balaban J connectivity index is 1.80. The average molecular weight is 292 g/mol. The first-order valence-corrected chi connectivity index (χ1v) is 7.66. The normalized spacial score (nSPS) is 14.2. The van der Waals surface area contributed by atoms with Gasteiger partial charge in [-0.25, -0.2) is 4.98 Å². The average Bonchev–Trinajstić information content (AvgIpc) is 2.55. The van der Waals surface area contributed by atoms with Gasteiger partial charge in [-0.1, -0.05) is 24.3 Å². The molecule has 1 aromatic heterocycles. The molecule has 0 aliphatic carbocycles. The molecule has 0 fully saturated rings. The molecule has 112 valence electrons. The lowest BCUT2D eigenvalue weighted by atomic mass is 10.0. The van der Waals surface area contributed by atoms with E-state index in [1.165, 1.54) is 11.1 Å². The molecule has 1 aromatic carbocycles. The summed E-state index contributed by atoms with van der Waals surface area (Å²) in [5.41, 5.74) is 4.70. The quantitative estimate of drug-likeness (QED) is 0.791. The maximum atomic E-state index is 12.5. The lowest BCUT2D eigenvalue weighted by Crippen LogP contribution is -2.34. The summed E-state index contributed by atoms with van der Waals surface area (Å²) in [4.78, 5) is 18.6. The number of rotatable bonds is 2. The number of pyridine rings is 1. The van der Waals surface area contributed by atoms with Crippen molar-refractivity contribution in [2.45, 2.75) is 26.7 Å². The first-order chi connectivity index (χ1) is 10.6. The summed E-state index contributed by atoms with van der Waals surface area (Å²) in [5.74, 6) is 0.807. The maximum absolute atomic E-state index is 12.5. The van der Waals surface area contributed by atoms with Crippen molar-refractivity contribution in [2.75, 3.05) is 11.4 Å². The smallest absolute Gasteiger partial charge is 0.252 e. The van der Waals surface area contributed by atoms with Crippen LogP contribution in [0.1, 0.15) is 28.7 Å². The molecule has 2 heterocycles. The summed E-state index contributed by atoms with van der Waals surface area (Å²) in [6.07, 6.45) is 7.26. The molecule has 0 saturated heterocycles. The van der Waals surface area contributed by atoms with E-state index in [-0.39, 0.29) is 5.91 Å². The minimum Gasteiger partial charge on any atom is -0.293 e. The minimum absolute atomic E-state index is 0.00196. The Labute approximate surface area is 131 Å². The van der Waals surface area contributed by atoms with Gasteiger partial charge in [-0.15, -0.1) is 0 Å². The van der Waals surface area contributed by atoms with Crippen LogP contribution in [0.5, 0.6) is 0 Å². The number of carbonyl (C=O) groups is 1. The largest absolute Gasteiger partial charge is 0.293 e. The summed E-state index contributed by atoms with van der Waals surface area (Å²) < 4.78 is 0. The van der Waals surface area contributed by atoms with Crippen molar-refractivity contribution in [3.05, 3.63) is 64.9 Å². The molecule has 0 saturated carbocycles. The molecule has 3 rings (SSSR count). The minimum atomic E-state index is -0.00196. The molecule has 0 radical (unpaired) electrons. The number of fused-ring (bicyclic) bond motifs is 1. The van der Waals surface area contributed by atoms with Crippen molar-refractivity contribution in [1.82, 2.24) is 4.98 Å². The van der Waals surface area contributed by atoms with E-state index < -0.39 is 0 Å². The van der Waals surface area contributed by atoms with Crippen LogP contribution < -0.4 is 4.90 Å². The van der Waals surface area contributed by atoms with Gasteiger partial charge in [-0.2, -0.15) is 0 Å². The Kier molecular flexibility index (Phi) is 4.05. The van der Waals surface area contributed by atoms with Crippen LogP contribution in [-0.2, 0) is 11.2 Å². The number of nitrogens with zero attached hydrogens (tertiary/aromatic N) is 2. The van der Waals surface area contributed by atoms with Crippen LogP contribution in [0.15, 0.2) is 42.6 Å². The Bertz CT molecular complexity index is 734. The Hall–Kier alpha value is -2.42. The number of aryl methyl sites for hydroxylation is 3. The van der Waals surface area contributed by atoms with E-state index in [4.69, 9.17) is 0 Å². The van der Waals surface area contributed by atoms with Gasteiger partial charge in [0.15, 0.2) is 0 Å². The number of hydrogen-bond donors (Lipinski definition) is 0. The third-order valence-corrected chi connectivity index (χ3v) is 4.17. The fourth-order valence-corrected chi connectivity index (χ4v) is 2.74. The van der Waals surface area contributed by atoms with E-state index in [9.17, 15) is 4.79 Å². The highest BCUT2D eigenvalue weighted by Gasteiger charge is 2.21. The molecule has 3 heteroatoms. The lowest BCUT2D eigenvalue weighted by Gasteiger charge is -2.27. The van der Waals surface area contributed by atoms with Crippen LogP contribution in [0.2, 0.25) is 0 Å². The van der Waals surface area contributed by atoms with Crippen LogP contribution in [0, 0.1) is 13.8 Å². The van der Waals surface area contributed by atoms with Crippen molar-refractivity contribution >= 4 is 17.8 Å². The number of anilines is 1. The summed E-state index contributed by atoms with van der Waals surface area (Å²) in [5, 5.41) is 0. The van der Waals surface area contributed by atoms with Gasteiger partial charge in [-0.05, 0) is 61.1 Å². The first kappa shape index (κ1) is 14.5. The van der Waals surface area contributed by atoms with Crippen LogP contribution in [0.3, 0.4) is 0 Å². The van der Waals surface area contributed by atoms with Gasteiger partial charge in [0.25, 0.3) is 5.91 Å². The van der Waals surface area contributed by atoms with Crippen LogP contribution in [-0.4, -0.2) is 17.4 Å². The second-order valence-corrected chi connectivity index (χ2v) is 5.76. The Morgan fingerprint density at radius 1 is 1.23 bits per heavy atom. The zero-order valence-corrected chi connectivity index (χ0v) is 13.0. The molecule has 1 aliphatic rings. The Morgan fingerprint density at radius 3 is 2.91 bits per heavy atom. The van der Waals surface area contributed by atoms with E-state index in [0.29, 0.717) is 0 Å². The van der Waals surface area contributed by atoms with E-state index >= 15 is 0 Å². The van der Waals surface area contributed by atoms with E-state index in [1.807, 2.05) is 18.2 Å². The number of amides is 1. The molecular weight excluding hydrogens is 272 g/mol. The molecule has 0 spiro atoms. The van der Waals surface area contributed by atoms with Crippen LogP contribution in [0.4, 0.5) is 5.82 Å². The highest BCUT2D eigenvalue weighted by atomic mass is 16.2. The number of hydrogen-bond acceptors (Lipinski definition) is 2. The molecule has 1 amide bonds. The highest BCUT2D eigenvalue weighted by Crippen LogP contribution is 2.24. The molecule has 3 nitrogen and oxygen atoms in total. The number of benzene rings is 1. The third-order valence-electron chi connectivity index (χ3n) is 4.17. The van der Waals surface area contributed by atoms with Gasteiger partial charge in [-0.3, -0.25) is 9.69 Å². The molecule has 0 N–H and O–H groups in total. The molecule has 0 unspecified atom stereocenters. The van der Waals surface area contributed by atoms with E-state index in [2.05, 4.69) is 37.0 Å². The first-order valence-electron chi connectivity index (χ1n) is 7.66. The predicted molar refractivity (Wildman–Crippen MR) is 89.9 cm³/mol. The van der Waals surface area contributed by atoms with Gasteiger partial charge < -0.3 is 0 Å². The standard InChI is InChI=1S/C19H20N2O/c1-14-7-8-16(13-15(14)2)9-10-18(22)21-12-4-6-17-5-3-11-20-19(17)21/h3,5,7-11,13H,4,6,12H2,1-2H3/b10-9+. The summed E-state index contributed by atoms with van der Waals surface area (Å²) in [7, 11) is 0. The molecule has 22 heavy (non-hydrogen) atoms. The number of carbonyl (C=O) groups excluding carboxylic acids is 1. The van der Waals surface area contributed by atoms with Crippen LogP contribution >= 0.6 is 0 Å². The zero-order valence-electron chi connectivity index (χ0n) is 13.0. The second-order valence-electron chi connectivity index (χ2n) is 5.76. The Morgan fingerprint density at radius 2 is 2.09 bits per heavy atom. The third kappa shape index (κ3) is 2.93. The molecule has 0 atom stereocenters. The molecular formula is C19H20N2O. The molecule has 0 bridgehead atoms. The fraction of sp³-hybridized carbons (Fsp3) is 0.263. The van der Waals surface area contributed by atoms with Gasteiger partial charge in [0.2, 0.25) is 0 Å². The summed E-state index contributed by atoms with van der Waals surface area (Å²) >= 11 is 0. The van der Waals surface area contributed by atoms with Crippen molar-refractivity contribution in [3.8, 4) is 0 Å². The van der Waals surface area contributed by atoms with Crippen molar-refractivity contribution < 1.29 is 4.79 Å². The summed E-state index contributed by atoms with van der Waals surface area (Å²) in [6.45, 7) is 4.91. The number of aromatic nitrogens is 1. The second kappa shape index (κ2) is 6.14. The van der Waals surface area contributed by atoms with Crippen LogP contribution in [0.25, 0.3) is 6.08 Å². The molecule has 2 aromatic rings. The molecule has 1 aliphatic heterocycles. The van der Waals surface area contributed by atoms with Gasteiger partial charge in [0.05, 0.1) is 0 Å². The van der Waals surface area contributed by atoms with E-state index in [1.54, 1.807) is 17.2 Å².